The van der Waals surface area contributed by atoms with E-state index >= 15 is 0 Å². The molecule has 1 fully saturated rings. The topological polar surface area (TPSA) is 38.7 Å². The van der Waals surface area contributed by atoms with E-state index < -0.39 is 6.29 Å². The van der Waals surface area contributed by atoms with Gasteiger partial charge in [-0.3, -0.25) is 0 Å². The van der Waals surface area contributed by atoms with E-state index in [2.05, 4.69) is 0 Å². The minimum atomic E-state index is -0.693. The van der Waals surface area contributed by atoms with E-state index in [4.69, 9.17) is 9.47 Å². The lowest BCUT2D eigenvalue weighted by Crippen LogP contribution is -2.45. The molecule has 0 aromatic carbocycles. The molecule has 1 aliphatic rings. The fourth-order valence-electron chi connectivity index (χ4n) is 0.960. The maximum absolute atomic E-state index is 9.44. The van der Waals surface area contributed by atoms with Gasteiger partial charge in [-0.2, -0.15) is 0 Å². The number of hydrogen-bond donors (Lipinski definition) is 1. The smallest absolute Gasteiger partial charge is 0.164 e. The molecule has 0 aliphatic carbocycles. The van der Waals surface area contributed by atoms with E-state index in [1.54, 1.807) is 0 Å². The highest BCUT2D eigenvalue weighted by Gasteiger charge is 2.36. The summed E-state index contributed by atoms with van der Waals surface area (Å²) in [5.41, 5.74) is -0.272. The van der Waals surface area contributed by atoms with Crippen LogP contribution in [-0.4, -0.2) is 24.3 Å². The van der Waals surface area contributed by atoms with Gasteiger partial charge in [0.05, 0.1) is 6.61 Å². The molecule has 1 aliphatic heterocycles. The Balaban J connectivity index is 2.48. The van der Waals surface area contributed by atoms with Gasteiger partial charge in [-0.1, -0.05) is 20.8 Å². The number of ether oxygens (including phenoxy) is 2. The van der Waals surface area contributed by atoms with Crippen LogP contribution in [0.1, 0.15) is 27.2 Å². The maximum atomic E-state index is 9.44. The van der Waals surface area contributed by atoms with Crippen LogP contribution < -0.4 is 0 Å². The van der Waals surface area contributed by atoms with Crippen LogP contribution in [0.4, 0.5) is 0 Å². The molecule has 1 heterocycles. The van der Waals surface area contributed by atoms with Gasteiger partial charge in [0.2, 0.25) is 0 Å². The van der Waals surface area contributed by atoms with Gasteiger partial charge in [0.1, 0.15) is 0 Å². The Hall–Kier alpha value is -0.120. The summed E-state index contributed by atoms with van der Waals surface area (Å²) in [5.74, 6) is 0. The summed E-state index contributed by atoms with van der Waals surface area (Å²) in [6.07, 6.45) is -0.133. The highest BCUT2D eigenvalue weighted by molar-refractivity contribution is 4.74. The van der Waals surface area contributed by atoms with Gasteiger partial charge in [-0.15, -0.1) is 0 Å². The molecule has 0 saturated carbocycles. The second-order valence-electron chi connectivity index (χ2n) is 3.63. The second-order valence-corrected chi connectivity index (χ2v) is 3.63. The predicted octanol–water partition coefficient (Wildman–Crippen LogP) is 1.11. The molecule has 1 rings (SSSR count). The van der Waals surface area contributed by atoms with E-state index in [1.165, 1.54) is 0 Å². The minimum absolute atomic E-state index is 0.224. The first-order valence-electron chi connectivity index (χ1n) is 4.01. The monoisotopic (exact) mass is 160 g/mol. The third-order valence-corrected chi connectivity index (χ3v) is 1.92. The van der Waals surface area contributed by atoms with Crippen LogP contribution in [0, 0.1) is 5.41 Å². The van der Waals surface area contributed by atoms with Crippen molar-refractivity contribution in [3.8, 4) is 0 Å². The van der Waals surface area contributed by atoms with Crippen LogP contribution in [0.3, 0.4) is 0 Å². The van der Waals surface area contributed by atoms with Gasteiger partial charge >= 0.3 is 0 Å². The van der Waals surface area contributed by atoms with Crippen molar-refractivity contribution >= 4 is 0 Å². The van der Waals surface area contributed by atoms with Crippen LogP contribution in [0.5, 0.6) is 0 Å². The van der Waals surface area contributed by atoms with Crippen LogP contribution >= 0.6 is 0 Å². The Morgan fingerprint density at radius 3 is 2.64 bits per heavy atom. The van der Waals surface area contributed by atoms with E-state index in [0.717, 1.165) is 6.42 Å². The van der Waals surface area contributed by atoms with E-state index in [-0.39, 0.29) is 11.7 Å². The van der Waals surface area contributed by atoms with Gasteiger partial charge < -0.3 is 14.6 Å². The van der Waals surface area contributed by atoms with Crippen molar-refractivity contribution < 1.29 is 14.6 Å². The van der Waals surface area contributed by atoms with Crippen molar-refractivity contribution in [3.63, 3.8) is 0 Å². The summed E-state index contributed by atoms with van der Waals surface area (Å²) in [5, 5.41) is 9.44. The minimum Gasteiger partial charge on any atom is -0.367 e. The average Bonchev–Trinajstić information content (AvgIpc) is 1.95. The molecule has 3 nitrogen and oxygen atoms in total. The lowest BCUT2D eigenvalue weighted by atomic mass is 9.93. The van der Waals surface area contributed by atoms with Gasteiger partial charge in [0.25, 0.3) is 0 Å². The van der Waals surface area contributed by atoms with Crippen LogP contribution in [-0.2, 0) is 9.47 Å². The molecule has 1 saturated heterocycles. The van der Waals surface area contributed by atoms with E-state index in [0.29, 0.717) is 6.61 Å². The summed E-state index contributed by atoms with van der Waals surface area (Å²) in [7, 11) is 0. The van der Waals surface area contributed by atoms with Crippen LogP contribution in [0.25, 0.3) is 0 Å². The van der Waals surface area contributed by atoms with Crippen molar-refractivity contribution in [2.75, 3.05) is 6.61 Å². The Bertz CT molecular complexity index is 133. The van der Waals surface area contributed by atoms with Crippen molar-refractivity contribution in [2.24, 2.45) is 5.41 Å². The quantitative estimate of drug-likeness (QED) is 0.624. The standard InChI is InChI=1S/C8H16O3/c1-4-6-10-5-8(2,3)7(9)11-6/h6-7,9H,4-5H2,1-3H3/t6-,7-/m1/s1. The molecule has 0 aromatic heterocycles. The molecule has 3 heteroatoms. The summed E-state index contributed by atoms with van der Waals surface area (Å²) >= 11 is 0. The number of hydrogen-bond acceptors (Lipinski definition) is 3. The SMILES string of the molecule is CC[C@@H]1OCC(C)(C)[C@H](O)O1. The molecule has 66 valence electrons. The largest absolute Gasteiger partial charge is 0.367 e. The van der Waals surface area contributed by atoms with Crippen LogP contribution in [0.2, 0.25) is 0 Å². The molecule has 0 amide bonds. The zero-order valence-electron chi connectivity index (χ0n) is 7.33. The molecule has 1 N–H and O–H groups in total. The third kappa shape index (κ3) is 1.92. The summed E-state index contributed by atoms with van der Waals surface area (Å²) in [6, 6.07) is 0. The second kappa shape index (κ2) is 3.09. The maximum Gasteiger partial charge on any atom is 0.164 e. The normalized spacial score (nSPS) is 37.1. The van der Waals surface area contributed by atoms with Gasteiger partial charge in [0.15, 0.2) is 12.6 Å². The molecule has 0 bridgehead atoms. The predicted molar refractivity (Wildman–Crippen MR) is 40.9 cm³/mol. The Labute approximate surface area is 67.3 Å². The number of aliphatic hydroxyl groups is 1. The molecule has 2 atom stereocenters. The molecule has 0 radical (unpaired) electrons. The van der Waals surface area contributed by atoms with Crippen molar-refractivity contribution in [1.29, 1.82) is 0 Å². The summed E-state index contributed by atoms with van der Waals surface area (Å²) in [4.78, 5) is 0. The molecule has 0 unspecified atom stereocenters. The third-order valence-electron chi connectivity index (χ3n) is 1.92. The van der Waals surface area contributed by atoms with Crippen molar-refractivity contribution in [1.82, 2.24) is 0 Å². The highest BCUT2D eigenvalue weighted by atomic mass is 16.7. The summed E-state index contributed by atoms with van der Waals surface area (Å²) in [6.45, 7) is 6.37. The zero-order chi connectivity index (χ0) is 8.48. The molecule has 0 spiro atoms. The van der Waals surface area contributed by atoms with Crippen molar-refractivity contribution in [3.05, 3.63) is 0 Å². The lowest BCUT2D eigenvalue weighted by Gasteiger charge is -2.38. The molecular formula is C8H16O3. The van der Waals surface area contributed by atoms with Gasteiger partial charge in [0, 0.05) is 5.41 Å². The summed E-state index contributed by atoms with van der Waals surface area (Å²) < 4.78 is 10.5. The zero-order valence-corrected chi connectivity index (χ0v) is 7.33. The molecular weight excluding hydrogens is 144 g/mol. The first-order valence-corrected chi connectivity index (χ1v) is 4.01. The fraction of sp³-hybridized carbons (Fsp3) is 1.00. The Morgan fingerprint density at radius 2 is 2.18 bits per heavy atom. The van der Waals surface area contributed by atoms with Crippen LogP contribution in [0.15, 0.2) is 0 Å². The average molecular weight is 160 g/mol. The Kier molecular flexibility index (Phi) is 2.52. The first kappa shape index (κ1) is 8.97. The van der Waals surface area contributed by atoms with Gasteiger partial charge in [-0.05, 0) is 6.42 Å². The molecule has 0 aromatic rings. The fourth-order valence-corrected chi connectivity index (χ4v) is 0.960. The Morgan fingerprint density at radius 1 is 1.55 bits per heavy atom. The van der Waals surface area contributed by atoms with E-state index in [1.807, 2.05) is 20.8 Å². The van der Waals surface area contributed by atoms with E-state index in [9.17, 15) is 5.11 Å². The number of rotatable bonds is 1. The highest BCUT2D eigenvalue weighted by Crippen LogP contribution is 2.28. The number of aliphatic hydroxyl groups excluding tert-OH is 1. The van der Waals surface area contributed by atoms with Gasteiger partial charge in [-0.25, -0.2) is 0 Å². The first-order chi connectivity index (χ1) is 5.06. The molecule has 11 heavy (non-hydrogen) atoms. The lowest BCUT2D eigenvalue weighted by molar-refractivity contribution is -0.318. The van der Waals surface area contributed by atoms with Crippen molar-refractivity contribution in [2.45, 2.75) is 39.8 Å².